The van der Waals surface area contributed by atoms with E-state index >= 15 is 0 Å². The molecule has 0 spiro atoms. The molecule has 0 aliphatic carbocycles. The first-order valence-electron chi connectivity index (χ1n) is 6.37. The van der Waals surface area contributed by atoms with Crippen LogP contribution >= 0.6 is 0 Å². The molecule has 0 aromatic heterocycles. The highest BCUT2D eigenvalue weighted by Gasteiger charge is 2.24. The molecule has 0 fully saturated rings. The van der Waals surface area contributed by atoms with Gasteiger partial charge in [-0.15, -0.1) is 0 Å². The molecular formula is C13H25NO4. The van der Waals surface area contributed by atoms with E-state index < -0.39 is 23.7 Å². The predicted molar refractivity (Wildman–Crippen MR) is 69.5 cm³/mol. The van der Waals surface area contributed by atoms with Crippen molar-refractivity contribution in [1.82, 2.24) is 5.32 Å². The summed E-state index contributed by atoms with van der Waals surface area (Å²) in [5.74, 6) is -0.808. The number of ether oxygens (including phenoxy) is 1. The quantitative estimate of drug-likeness (QED) is 0.769. The molecule has 0 aliphatic heterocycles. The van der Waals surface area contributed by atoms with Crippen LogP contribution < -0.4 is 5.32 Å². The molecule has 0 aromatic carbocycles. The Balaban J connectivity index is 4.48. The summed E-state index contributed by atoms with van der Waals surface area (Å²) in [6.07, 6.45) is 1.18. The fourth-order valence-corrected chi connectivity index (χ4v) is 1.70. The normalized spacial score (nSPS) is 14.7. The fraction of sp³-hybridized carbons (Fsp3) is 0.846. The van der Waals surface area contributed by atoms with Gasteiger partial charge < -0.3 is 15.2 Å². The van der Waals surface area contributed by atoms with Gasteiger partial charge in [0.1, 0.15) is 5.60 Å². The molecule has 0 saturated carbocycles. The maximum absolute atomic E-state index is 11.6. The molecule has 1 amide bonds. The second-order valence-electron chi connectivity index (χ2n) is 5.62. The third-order valence-electron chi connectivity index (χ3n) is 2.53. The van der Waals surface area contributed by atoms with Gasteiger partial charge in [-0.25, -0.2) is 4.79 Å². The lowest BCUT2D eigenvalue weighted by atomic mass is 9.94. The maximum Gasteiger partial charge on any atom is 0.407 e. The van der Waals surface area contributed by atoms with Gasteiger partial charge in [0, 0.05) is 6.04 Å². The van der Waals surface area contributed by atoms with Crippen LogP contribution in [0.1, 0.15) is 53.9 Å². The van der Waals surface area contributed by atoms with E-state index in [9.17, 15) is 9.59 Å². The zero-order valence-corrected chi connectivity index (χ0v) is 11.9. The van der Waals surface area contributed by atoms with Gasteiger partial charge in [-0.1, -0.05) is 20.3 Å². The van der Waals surface area contributed by atoms with Gasteiger partial charge in [0.2, 0.25) is 0 Å². The predicted octanol–water partition coefficient (Wildman–Crippen LogP) is 2.79. The van der Waals surface area contributed by atoms with Gasteiger partial charge >= 0.3 is 12.1 Å². The monoisotopic (exact) mass is 259 g/mol. The molecule has 0 aromatic rings. The van der Waals surface area contributed by atoms with Crippen molar-refractivity contribution in [1.29, 1.82) is 0 Å². The summed E-state index contributed by atoms with van der Waals surface area (Å²) in [5.41, 5.74) is -0.578. The molecule has 0 bridgehead atoms. The van der Waals surface area contributed by atoms with E-state index in [1.165, 1.54) is 0 Å². The number of alkyl carbamates (subject to hydrolysis) is 1. The van der Waals surface area contributed by atoms with Crippen molar-refractivity contribution in [2.24, 2.45) is 5.92 Å². The molecule has 0 heterocycles. The van der Waals surface area contributed by atoms with Crippen molar-refractivity contribution in [3.8, 4) is 0 Å². The van der Waals surface area contributed by atoms with Crippen LogP contribution in [0.2, 0.25) is 0 Å². The SMILES string of the molecule is CCCC(C)C(CC(=O)O)NC(=O)OC(C)(C)C. The first-order chi connectivity index (χ1) is 8.15. The minimum Gasteiger partial charge on any atom is -0.481 e. The zero-order valence-electron chi connectivity index (χ0n) is 11.9. The van der Waals surface area contributed by atoms with Crippen molar-refractivity contribution in [3.63, 3.8) is 0 Å². The molecule has 0 aliphatic rings. The van der Waals surface area contributed by atoms with Gasteiger partial charge in [-0.2, -0.15) is 0 Å². The topological polar surface area (TPSA) is 75.6 Å². The largest absolute Gasteiger partial charge is 0.481 e. The van der Waals surface area contributed by atoms with Crippen LogP contribution in [0.5, 0.6) is 0 Å². The van der Waals surface area contributed by atoms with Gasteiger partial charge in [0.25, 0.3) is 0 Å². The molecule has 0 radical (unpaired) electrons. The van der Waals surface area contributed by atoms with Gasteiger partial charge in [0.15, 0.2) is 0 Å². The van der Waals surface area contributed by atoms with Crippen LogP contribution in [0.4, 0.5) is 4.79 Å². The molecule has 0 saturated heterocycles. The summed E-state index contributed by atoms with van der Waals surface area (Å²) in [7, 11) is 0. The Bertz CT molecular complexity index is 283. The molecule has 2 atom stereocenters. The number of carbonyl (C=O) groups excluding carboxylic acids is 1. The van der Waals surface area contributed by atoms with Crippen LogP contribution in [0.3, 0.4) is 0 Å². The summed E-state index contributed by atoms with van der Waals surface area (Å²) < 4.78 is 5.14. The Labute approximate surface area is 109 Å². The molecular weight excluding hydrogens is 234 g/mol. The Morgan fingerprint density at radius 2 is 1.89 bits per heavy atom. The summed E-state index contributed by atoms with van der Waals surface area (Å²) >= 11 is 0. The van der Waals surface area contributed by atoms with Crippen molar-refractivity contribution < 1.29 is 19.4 Å². The minimum atomic E-state index is -0.918. The van der Waals surface area contributed by atoms with E-state index in [1.807, 2.05) is 13.8 Å². The Morgan fingerprint density at radius 3 is 2.28 bits per heavy atom. The number of carbonyl (C=O) groups is 2. The second kappa shape index (κ2) is 7.24. The summed E-state index contributed by atoms with van der Waals surface area (Å²) in [4.78, 5) is 22.4. The standard InChI is InChI=1S/C13H25NO4/c1-6-7-9(2)10(8-11(15)16)14-12(17)18-13(3,4)5/h9-10H,6-8H2,1-5H3,(H,14,17)(H,15,16). The van der Waals surface area contributed by atoms with Crippen LogP contribution in [0.25, 0.3) is 0 Å². The second-order valence-corrected chi connectivity index (χ2v) is 5.62. The number of carboxylic acid groups (broad SMARTS) is 1. The highest BCUT2D eigenvalue weighted by Crippen LogP contribution is 2.15. The van der Waals surface area contributed by atoms with Gasteiger partial charge in [-0.3, -0.25) is 4.79 Å². The molecule has 5 heteroatoms. The lowest BCUT2D eigenvalue weighted by Gasteiger charge is -2.26. The van der Waals surface area contributed by atoms with E-state index in [1.54, 1.807) is 20.8 Å². The summed E-state index contributed by atoms with van der Waals surface area (Å²) in [5, 5.41) is 11.5. The van der Waals surface area contributed by atoms with Crippen molar-refractivity contribution >= 4 is 12.1 Å². The molecule has 18 heavy (non-hydrogen) atoms. The molecule has 5 nitrogen and oxygen atoms in total. The van der Waals surface area contributed by atoms with E-state index in [0.717, 1.165) is 12.8 Å². The lowest BCUT2D eigenvalue weighted by Crippen LogP contribution is -2.43. The number of hydrogen-bond acceptors (Lipinski definition) is 3. The van der Waals surface area contributed by atoms with Crippen LogP contribution in [0, 0.1) is 5.92 Å². The van der Waals surface area contributed by atoms with E-state index in [2.05, 4.69) is 5.32 Å². The summed E-state index contributed by atoms with van der Waals surface area (Å²) in [6.45, 7) is 9.28. The molecule has 0 rings (SSSR count). The van der Waals surface area contributed by atoms with Crippen LogP contribution in [-0.4, -0.2) is 28.8 Å². The third kappa shape index (κ3) is 7.92. The molecule has 2 unspecified atom stereocenters. The van der Waals surface area contributed by atoms with Crippen molar-refractivity contribution in [2.75, 3.05) is 0 Å². The van der Waals surface area contributed by atoms with Crippen molar-refractivity contribution in [3.05, 3.63) is 0 Å². The average Bonchev–Trinajstić information content (AvgIpc) is 2.13. The van der Waals surface area contributed by atoms with E-state index in [4.69, 9.17) is 9.84 Å². The molecule has 106 valence electrons. The molecule has 2 N–H and O–H groups in total. The van der Waals surface area contributed by atoms with Crippen LogP contribution in [0.15, 0.2) is 0 Å². The van der Waals surface area contributed by atoms with Crippen molar-refractivity contribution in [2.45, 2.75) is 65.5 Å². The first kappa shape index (κ1) is 16.7. The number of amides is 1. The van der Waals surface area contributed by atoms with Gasteiger partial charge in [0.05, 0.1) is 6.42 Å². The highest BCUT2D eigenvalue weighted by atomic mass is 16.6. The number of hydrogen-bond donors (Lipinski definition) is 2. The Hall–Kier alpha value is -1.26. The van der Waals surface area contributed by atoms with E-state index in [-0.39, 0.29) is 12.3 Å². The highest BCUT2D eigenvalue weighted by molar-refractivity contribution is 5.71. The number of rotatable bonds is 6. The minimum absolute atomic E-state index is 0.0829. The average molecular weight is 259 g/mol. The fourth-order valence-electron chi connectivity index (χ4n) is 1.70. The Kier molecular flexibility index (Phi) is 6.73. The maximum atomic E-state index is 11.6. The van der Waals surface area contributed by atoms with E-state index in [0.29, 0.717) is 0 Å². The lowest BCUT2D eigenvalue weighted by molar-refractivity contribution is -0.137. The number of carboxylic acids is 1. The number of nitrogens with one attached hydrogen (secondary N) is 1. The summed E-state index contributed by atoms with van der Waals surface area (Å²) in [6, 6.07) is -0.391. The third-order valence-corrected chi connectivity index (χ3v) is 2.53. The Morgan fingerprint density at radius 1 is 1.33 bits per heavy atom. The van der Waals surface area contributed by atoms with Crippen LogP contribution in [-0.2, 0) is 9.53 Å². The zero-order chi connectivity index (χ0) is 14.3. The first-order valence-corrected chi connectivity index (χ1v) is 6.37. The number of aliphatic carboxylic acids is 1. The van der Waals surface area contributed by atoms with Gasteiger partial charge in [-0.05, 0) is 33.1 Å². The smallest absolute Gasteiger partial charge is 0.407 e.